The van der Waals surface area contributed by atoms with E-state index in [2.05, 4.69) is 168 Å². The molecule has 290 valence electrons. The average Bonchev–Trinajstić information content (AvgIpc) is 3.97. The maximum Gasteiger partial charge on any atom is 0.172 e. The fourth-order valence-corrected chi connectivity index (χ4v) is 10.2. The van der Waals surface area contributed by atoms with Gasteiger partial charge in [0.2, 0.25) is 0 Å². The molecular weight excluding hydrogens is 705 g/mol. The molecule has 2 aliphatic carbocycles. The lowest BCUT2D eigenvalue weighted by molar-refractivity contribution is 0.315. The lowest BCUT2D eigenvalue weighted by Crippen LogP contribution is -2.42. The van der Waals surface area contributed by atoms with Crippen molar-refractivity contribution in [1.29, 1.82) is 0 Å². The minimum Gasteiger partial charge on any atom is -0.321 e. The quantitative estimate of drug-likeness (QED) is 0.147. The van der Waals surface area contributed by atoms with Gasteiger partial charge in [-0.1, -0.05) is 160 Å². The molecule has 2 fully saturated rings. The smallest absolute Gasteiger partial charge is 0.172 e. The Bertz CT molecular complexity index is 2090. The molecule has 0 amide bonds. The number of hydrogen-bond donors (Lipinski definition) is 0. The first-order valence-electron chi connectivity index (χ1n) is 22.0. The molecular formula is C54H54N4. The van der Waals surface area contributed by atoms with Crippen LogP contribution in [0.4, 0.5) is 11.4 Å². The van der Waals surface area contributed by atoms with Gasteiger partial charge in [0, 0.05) is 24.5 Å². The summed E-state index contributed by atoms with van der Waals surface area (Å²) in [5, 5.41) is 0. The third-order valence-corrected chi connectivity index (χ3v) is 13.3. The highest BCUT2D eigenvalue weighted by Gasteiger charge is 2.41. The van der Waals surface area contributed by atoms with Gasteiger partial charge in [0.05, 0.1) is 12.1 Å². The van der Waals surface area contributed by atoms with E-state index in [-0.39, 0.29) is 12.1 Å². The summed E-state index contributed by atoms with van der Waals surface area (Å²) >= 11 is 0. The van der Waals surface area contributed by atoms with Gasteiger partial charge in [-0.25, -0.2) is 0 Å². The van der Waals surface area contributed by atoms with Crippen LogP contribution in [0.1, 0.15) is 64.2 Å². The maximum atomic E-state index is 5.84. The van der Waals surface area contributed by atoms with Crippen molar-refractivity contribution >= 4 is 23.0 Å². The SMILES string of the molecule is c1ccc(-c2cc(-c3ccccc3)cc(N3C[C@H](C4CCCCC4)N=C3C3=N[C@@H](C4CCCCC4)CN3c3cc(-c4ccccc4)cc(-c4ccccc4)c3)c2)cc1. The molecule has 2 heterocycles. The van der Waals surface area contributed by atoms with Crippen LogP contribution >= 0.6 is 0 Å². The highest BCUT2D eigenvalue weighted by molar-refractivity contribution is 6.50. The fraction of sp³-hybridized carbons (Fsp3) is 0.296. The van der Waals surface area contributed by atoms with Gasteiger partial charge in [-0.3, -0.25) is 9.98 Å². The van der Waals surface area contributed by atoms with E-state index in [0.717, 1.165) is 24.8 Å². The van der Waals surface area contributed by atoms with Crippen molar-refractivity contribution in [2.75, 3.05) is 22.9 Å². The van der Waals surface area contributed by atoms with Gasteiger partial charge in [0.1, 0.15) is 0 Å². The molecule has 0 aromatic heterocycles. The van der Waals surface area contributed by atoms with Gasteiger partial charge in [-0.15, -0.1) is 0 Å². The summed E-state index contributed by atoms with van der Waals surface area (Å²) < 4.78 is 0. The zero-order valence-electron chi connectivity index (χ0n) is 33.6. The predicted molar refractivity (Wildman–Crippen MR) is 245 cm³/mol. The second-order valence-corrected chi connectivity index (χ2v) is 17.1. The molecule has 0 bridgehead atoms. The zero-order chi connectivity index (χ0) is 38.7. The molecule has 0 radical (unpaired) electrons. The van der Waals surface area contributed by atoms with Crippen LogP contribution in [-0.4, -0.2) is 36.8 Å². The first-order chi connectivity index (χ1) is 28.7. The Morgan fingerprint density at radius 2 is 0.621 bits per heavy atom. The van der Waals surface area contributed by atoms with E-state index in [1.165, 1.54) is 120 Å². The number of hydrogen-bond acceptors (Lipinski definition) is 4. The number of benzene rings is 6. The van der Waals surface area contributed by atoms with Crippen LogP contribution in [0.15, 0.2) is 168 Å². The van der Waals surface area contributed by atoms with Crippen LogP contribution in [0.3, 0.4) is 0 Å². The molecule has 4 nitrogen and oxygen atoms in total. The lowest BCUT2D eigenvalue weighted by atomic mass is 9.84. The largest absolute Gasteiger partial charge is 0.321 e. The van der Waals surface area contributed by atoms with Crippen LogP contribution in [0.5, 0.6) is 0 Å². The van der Waals surface area contributed by atoms with E-state index in [1.807, 2.05) is 0 Å². The molecule has 2 saturated carbocycles. The third kappa shape index (κ3) is 7.65. The molecule has 4 heteroatoms. The molecule has 6 aromatic carbocycles. The first-order valence-corrected chi connectivity index (χ1v) is 22.0. The molecule has 58 heavy (non-hydrogen) atoms. The van der Waals surface area contributed by atoms with E-state index in [0.29, 0.717) is 11.8 Å². The number of amidine groups is 2. The summed E-state index contributed by atoms with van der Waals surface area (Å²) in [6.07, 6.45) is 12.9. The summed E-state index contributed by atoms with van der Waals surface area (Å²) in [5.41, 5.74) is 12.2. The van der Waals surface area contributed by atoms with Crippen LogP contribution in [0.2, 0.25) is 0 Å². The molecule has 4 aliphatic rings. The zero-order valence-corrected chi connectivity index (χ0v) is 33.6. The van der Waals surface area contributed by atoms with E-state index in [9.17, 15) is 0 Å². The van der Waals surface area contributed by atoms with Crippen molar-refractivity contribution in [3.63, 3.8) is 0 Å². The van der Waals surface area contributed by atoms with E-state index in [1.54, 1.807) is 0 Å². The van der Waals surface area contributed by atoms with E-state index < -0.39 is 0 Å². The molecule has 6 aromatic rings. The van der Waals surface area contributed by atoms with Gasteiger partial charge in [-0.05, 0) is 118 Å². The minimum absolute atomic E-state index is 0.240. The normalized spacial score (nSPS) is 20.3. The van der Waals surface area contributed by atoms with Crippen LogP contribution in [0.25, 0.3) is 44.5 Å². The van der Waals surface area contributed by atoms with Crippen molar-refractivity contribution in [3.8, 4) is 44.5 Å². The summed E-state index contributed by atoms with van der Waals surface area (Å²) in [5.74, 6) is 3.28. The molecule has 2 aliphatic heterocycles. The Hall–Kier alpha value is -5.74. The van der Waals surface area contributed by atoms with Gasteiger partial charge in [0.25, 0.3) is 0 Å². The first kappa shape index (κ1) is 36.6. The summed E-state index contributed by atoms with van der Waals surface area (Å²) in [6.45, 7) is 1.76. The van der Waals surface area contributed by atoms with Crippen molar-refractivity contribution in [2.45, 2.75) is 76.3 Å². The summed E-state index contributed by atoms with van der Waals surface area (Å²) in [4.78, 5) is 16.8. The molecule has 0 spiro atoms. The topological polar surface area (TPSA) is 31.2 Å². The molecule has 0 N–H and O–H groups in total. The van der Waals surface area contributed by atoms with Gasteiger partial charge < -0.3 is 9.80 Å². The highest BCUT2D eigenvalue weighted by atomic mass is 15.4. The van der Waals surface area contributed by atoms with Crippen molar-refractivity contribution < 1.29 is 0 Å². The van der Waals surface area contributed by atoms with Gasteiger partial charge in [-0.2, -0.15) is 0 Å². The monoisotopic (exact) mass is 758 g/mol. The minimum atomic E-state index is 0.240. The number of aliphatic imine (C=N–C) groups is 2. The van der Waals surface area contributed by atoms with E-state index in [4.69, 9.17) is 9.98 Å². The molecule has 10 rings (SSSR count). The lowest BCUT2D eigenvalue weighted by Gasteiger charge is -2.29. The fourth-order valence-electron chi connectivity index (χ4n) is 10.2. The molecule has 0 unspecified atom stereocenters. The van der Waals surface area contributed by atoms with Gasteiger partial charge >= 0.3 is 0 Å². The second kappa shape index (κ2) is 16.6. The van der Waals surface area contributed by atoms with Gasteiger partial charge in [0.15, 0.2) is 11.7 Å². The third-order valence-electron chi connectivity index (χ3n) is 13.3. The Balaban J connectivity index is 1.13. The summed E-state index contributed by atoms with van der Waals surface area (Å²) in [7, 11) is 0. The van der Waals surface area contributed by atoms with Crippen LogP contribution in [0, 0.1) is 11.8 Å². The molecule has 0 saturated heterocycles. The highest BCUT2D eigenvalue weighted by Crippen LogP contribution is 2.41. The Kier molecular flexibility index (Phi) is 10.5. The van der Waals surface area contributed by atoms with Crippen molar-refractivity contribution in [3.05, 3.63) is 158 Å². The van der Waals surface area contributed by atoms with E-state index >= 15 is 0 Å². The molecule has 2 atom stereocenters. The Labute approximate surface area is 345 Å². The standard InChI is InChI=1S/C54H54N4/c1-7-19-39(20-8-1)45-31-46(40-21-9-2-10-22-40)34-49(33-45)57-37-51(43-27-15-5-16-28-43)55-53(57)54-56-52(44-29-17-6-18-30-44)38-58(54)50-35-47(41-23-11-3-12-24-41)32-48(36-50)42-25-13-4-14-26-42/h1-4,7-14,19-26,31-36,43-44,51-52H,5-6,15-18,27-30,37-38H2/t51-,52-/m1/s1. The predicted octanol–water partition coefficient (Wildman–Crippen LogP) is 13.4. The van der Waals surface area contributed by atoms with Crippen LogP contribution < -0.4 is 9.80 Å². The second-order valence-electron chi connectivity index (χ2n) is 17.1. The van der Waals surface area contributed by atoms with Crippen molar-refractivity contribution in [1.82, 2.24) is 0 Å². The number of nitrogens with zero attached hydrogens (tertiary/aromatic N) is 4. The summed E-state index contributed by atoms with van der Waals surface area (Å²) in [6, 6.07) is 58.3. The average molecular weight is 759 g/mol. The maximum absolute atomic E-state index is 5.84. The Morgan fingerprint density at radius 1 is 0.328 bits per heavy atom. The van der Waals surface area contributed by atoms with Crippen molar-refractivity contribution in [2.24, 2.45) is 21.8 Å². The Morgan fingerprint density at radius 3 is 0.914 bits per heavy atom. The number of rotatable bonds is 9. The number of anilines is 2. The van der Waals surface area contributed by atoms with Crippen LogP contribution in [-0.2, 0) is 0 Å².